The Balaban J connectivity index is 1.75. The lowest BCUT2D eigenvalue weighted by molar-refractivity contribution is -0.137. The smallest absolute Gasteiger partial charge is 0.225 e. The molecular weight excluding hydrogens is 371 g/mol. The van der Waals surface area contributed by atoms with E-state index >= 15 is 0 Å². The summed E-state index contributed by atoms with van der Waals surface area (Å²) in [5, 5.41) is 11.4. The maximum atomic E-state index is 12.8. The first kappa shape index (κ1) is 18.8. The Kier molecular flexibility index (Phi) is 5.28. The zero-order chi connectivity index (χ0) is 18.8. The van der Waals surface area contributed by atoms with Crippen LogP contribution in [0.2, 0.25) is 0 Å². The Morgan fingerprint density at radius 2 is 1.92 bits per heavy atom. The van der Waals surface area contributed by atoms with Crippen LogP contribution in [0.5, 0.6) is 0 Å². The van der Waals surface area contributed by atoms with Gasteiger partial charge in [0.1, 0.15) is 0 Å². The van der Waals surface area contributed by atoms with Crippen LogP contribution in [0.1, 0.15) is 49.5 Å². The zero-order valence-electron chi connectivity index (χ0n) is 13.8. The highest BCUT2D eigenvalue weighted by molar-refractivity contribution is 7.89. The number of hydrogen-bond donors (Lipinski definition) is 1. The summed E-state index contributed by atoms with van der Waals surface area (Å²) in [6.45, 7) is -0.192. The molecular formula is C15H18F3N5O2S. The minimum absolute atomic E-state index is 0.117. The van der Waals surface area contributed by atoms with Crippen molar-refractivity contribution in [3.63, 3.8) is 0 Å². The highest BCUT2D eigenvalue weighted by atomic mass is 32.2. The normalized spacial score (nSPS) is 16.7. The summed E-state index contributed by atoms with van der Waals surface area (Å²) in [7, 11) is -4.13. The van der Waals surface area contributed by atoms with E-state index in [-0.39, 0.29) is 12.6 Å². The molecule has 7 nitrogen and oxygen atoms in total. The van der Waals surface area contributed by atoms with E-state index in [4.69, 9.17) is 0 Å². The van der Waals surface area contributed by atoms with Gasteiger partial charge in [0.25, 0.3) is 0 Å². The van der Waals surface area contributed by atoms with Crippen molar-refractivity contribution in [1.29, 1.82) is 0 Å². The highest BCUT2D eigenvalue weighted by Crippen LogP contribution is 2.30. The van der Waals surface area contributed by atoms with E-state index in [1.54, 1.807) is 4.68 Å². The van der Waals surface area contributed by atoms with E-state index in [9.17, 15) is 21.6 Å². The zero-order valence-corrected chi connectivity index (χ0v) is 14.6. The molecule has 0 atom stereocenters. The van der Waals surface area contributed by atoms with Gasteiger partial charge in [0.05, 0.1) is 23.0 Å². The average Bonchev–Trinajstić information content (AvgIpc) is 3.09. The van der Waals surface area contributed by atoms with Gasteiger partial charge in [-0.05, 0) is 41.5 Å². The molecule has 3 rings (SSSR count). The lowest BCUT2D eigenvalue weighted by atomic mass is 9.96. The van der Waals surface area contributed by atoms with Crippen LogP contribution in [0.15, 0.2) is 29.2 Å². The fourth-order valence-corrected chi connectivity index (χ4v) is 4.05. The first-order chi connectivity index (χ1) is 12.3. The first-order valence-corrected chi connectivity index (χ1v) is 9.69. The highest BCUT2D eigenvalue weighted by Gasteiger charge is 2.31. The molecule has 0 aliphatic heterocycles. The van der Waals surface area contributed by atoms with Gasteiger partial charge in [-0.3, -0.25) is 0 Å². The molecule has 1 heterocycles. The standard InChI is InChI=1S/C15H18F3N5O2S/c16-15(17,18)11-5-4-8-13(9-11)26(24,25)19-10-14-20-21-22-23(14)12-6-2-1-3-7-12/h4-5,8-9,12,19H,1-3,6-7,10H2. The molecule has 2 aromatic rings. The number of alkyl halides is 3. The predicted octanol–water partition coefficient (Wildman–Crippen LogP) is 2.68. The van der Waals surface area contributed by atoms with Crippen molar-refractivity contribution in [1.82, 2.24) is 24.9 Å². The van der Waals surface area contributed by atoms with Gasteiger partial charge in [-0.2, -0.15) is 13.2 Å². The Morgan fingerprint density at radius 3 is 2.62 bits per heavy atom. The van der Waals surface area contributed by atoms with Crippen LogP contribution >= 0.6 is 0 Å². The SMILES string of the molecule is O=S(=O)(NCc1nnnn1C1CCCCC1)c1cccc(C(F)(F)F)c1. The summed E-state index contributed by atoms with van der Waals surface area (Å²) >= 11 is 0. The number of benzene rings is 1. The third-order valence-corrected chi connectivity index (χ3v) is 5.77. The van der Waals surface area contributed by atoms with Gasteiger partial charge in [-0.25, -0.2) is 17.8 Å². The second-order valence-electron chi connectivity index (χ2n) is 6.18. The minimum atomic E-state index is -4.61. The molecule has 1 saturated carbocycles. The van der Waals surface area contributed by atoms with Gasteiger partial charge in [-0.1, -0.05) is 25.3 Å². The van der Waals surface area contributed by atoms with Crippen molar-refractivity contribution in [2.24, 2.45) is 0 Å². The molecule has 1 aliphatic carbocycles. The number of tetrazole rings is 1. The largest absolute Gasteiger partial charge is 0.416 e. The van der Waals surface area contributed by atoms with Gasteiger partial charge in [0, 0.05) is 0 Å². The Hall–Kier alpha value is -2.01. The second-order valence-corrected chi connectivity index (χ2v) is 7.95. The maximum Gasteiger partial charge on any atom is 0.416 e. The van der Waals surface area contributed by atoms with Crippen molar-refractivity contribution < 1.29 is 21.6 Å². The van der Waals surface area contributed by atoms with Crippen LogP contribution in [0.25, 0.3) is 0 Å². The van der Waals surface area contributed by atoms with E-state index in [0.29, 0.717) is 11.9 Å². The van der Waals surface area contributed by atoms with Gasteiger partial charge >= 0.3 is 6.18 Å². The summed E-state index contributed by atoms with van der Waals surface area (Å²) in [6.07, 6.45) is 0.476. The minimum Gasteiger partial charge on any atom is -0.225 e. The number of nitrogens with one attached hydrogen (secondary N) is 1. The molecule has 0 radical (unpaired) electrons. The van der Waals surface area contributed by atoms with Crippen LogP contribution in [0, 0.1) is 0 Å². The second kappa shape index (κ2) is 7.31. The van der Waals surface area contributed by atoms with Crippen LogP contribution in [-0.4, -0.2) is 28.6 Å². The number of nitrogens with zero attached hydrogens (tertiary/aromatic N) is 4. The molecule has 0 amide bonds. The van der Waals surface area contributed by atoms with E-state index in [2.05, 4.69) is 20.2 Å². The molecule has 0 unspecified atom stereocenters. The molecule has 1 aliphatic rings. The Bertz CT molecular complexity index is 860. The fraction of sp³-hybridized carbons (Fsp3) is 0.533. The molecule has 142 valence electrons. The third-order valence-electron chi connectivity index (χ3n) is 4.37. The summed E-state index contributed by atoms with van der Waals surface area (Å²) in [4.78, 5) is -0.455. The monoisotopic (exact) mass is 389 g/mol. The first-order valence-electron chi connectivity index (χ1n) is 8.21. The summed E-state index contributed by atoms with van der Waals surface area (Å²) in [6, 6.07) is 3.71. The summed E-state index contributed by atoms with van der Waals surface area (Å²) < 4.78 is 66.9. The quantitative estimate of drug-likeness (QED) is 0.849. The predicted molar refractivity (Wildman–Crippen MR) is 85.4 cm³/mol. The van der Waals surface area contributed by atoms with E-state index in [1.807, 2.05) is 0 Å². The molecule has 0 spiro atoms. The Morgan fingerprint density at radius 1 is 1.19 bits per heavy atom. The number of hydrogen-bond acceptors (Lipinski definition) is 5. The van der Waals surface area contributed by atoms with Gasteiger partial charge in [0.2, 0.25) is 10.0 Å². The molecule has 11 heteroatoms. The molecule has 1 fully saturated rings. The average molecular weight is 389 g/mol. The van der Waals surface area contributed by atoms with Crippen LogP contribution < -0.4 is 4.72 Å². The molecule has 26 heavy (non-hydrogen) atoms. The lowest BCUT2D eigenvalue weighted by Gasteiger charge is -2.22. The van der Waals surface area contributed by atoms with Crippen molar-refractivity contribution in [3.05, 3.63) is 35.7 Å². The van der Waals surface area contributed by atoms with Gasteiger partial charge in [0.15, 0.2) is 5.82 Å². The summed E-state index contributed by atoms with van der Waals surface area (Å²) in [5.41, 5.74) is -1.02. The summed E-state index contributed by atoms with van der Waals surface area (Å²) in [5.74, 6) is 0.340. The molecule has 0 saturated heterocycles. The van der Waals surface area contributed by atoms with E-state index < -0.39 is 26.7 Å². The molecule has 1 N–H and O–H groups in total. The van der Waals surface area contributed by atoms with Crippen molar-refractivity contribution in [3.8, 4) is 0 Å². The molecule has 1 aromatic carbocycles. The van der Waals surface area contributed by atoms with Crippen molar-refractivity contribution in [2.45, 2.75) is 55.8 Å². The fourth-order valence-electron chi connectivity index (χ4n) is 3.02. The van der Waals surface area contributed by atoms with Gasteiger partial charge < -0.3 is 0 Å². The van der Waals surface area contributed by atoms with E-state index in [1.165, 1.54) is 0 Å². The van der Waals surface area contributed by atoms with Crippen molar-refractivity contribution in [2.75, 3.05) is 0 Å². The van der Waals surface area contributed by atoms with Crippen LogP contribution in [-0.2, 0) is 22.7 Å². The number of halogens is 3. The van der Waals surface area contributed by atoms with Crippen LogP contribution in [0.3, 0.4) is 0 Å². The number of rotatable bonds is 5. The maximum absolute atomic E-state index is 12.8. The van der Waals surface area contributed by atoms with Crippen LogP contribution in [0.4, 0.5) is 13.2 Å². The topological polar surface area (TPSA) is 89.8 Å². The Labute approximate surface area is 148 Å². The van der Waals surface area contributed by atoms with E-state index in [0.717, 1.165) is 50.3 Å². The molecule has 1 aromatic heterocycles. The van der Waals surface area contributed by atoms with Gasteiger partial charge in [-0.15, -0.1) is 5.10 Å². The third kappa shape index (κ3) is 4.21. The number of aromatic nitrogens is 4. The molecule has 0 bridgehead atoms. The lowest BCUT2D eigenvalue weighted by Crippen LogP contribution is -2.27. The van der Waals surface area contributed by atoms with Crippen molar-refractivity contribution >= 4 is 10.0 Å². The number of sulfonamides is 1.